The summed E-state index contributed by atoms with van der Waals surface area (Å²) in [6.45, 7) is 6.38. The Balaban J connectivity index is 4.13. The molecular formula is C8H12O2Si. The van der Waals surface area contributed by atoms with Crippen LogP contribution in [0.5, 0.6) is 0 Å². The van der Waals surface area contributed by atoms with Crippen molar-refractivity contribution in [2.24, 2.45) is 0 Å². The molecule has 0 unspecified atom stereocenters. The fourth-order valence-corrected chi connectivity index (χ4v) is 1.13. The summed E-state index contributed by atoms with van der Waals surface area (Å²) < 4.78 is 4.84. The van der Waals surface area contributed by atoms with Crippen molar-refractivity contribution in [3.05, 3.63) is 5.70 Å². The minimum Gasteiger partial charge on any atom is -0.447 e. The molecule has 3 heteroatoms. The first-order valence-electron chi connectivity index (χ1n) is 3.48. The van der Waals surface area contributed by atoms with Crippen LogP contribution in [0.15, 0.2) is 5.70 Å². The highest BCUT2D eigenvalue weighted by Gasteiger charge is 2.13. The average Bonchev–Trinajstić information content (AvgIpc) is 1.87. The topological polar surface area (TPSA) is 26.3 Å². The van der Waals surface area contributed by atoms with Gasteiger partial charge in [-0.2, -0.15) is 0 Å². The maximum absolute atomic E-state index is 10.00. The van der Waals surface area contributed by atoms with E-state index in [-0.39, 0.29) is 0 Å². The Kier molecular flexibility index (Phi) is 4.36. The minimum absolute atomic E-state index is 0.586. The zero-order valence-corrected chi connectivity index (χ0v) is 8.10. The van der Waals surface area contributed by atoms with E-state index in [2.05, 4.69) is 11.7 Å². The second-order valence-corrected chi connectivity index (χ2v) is 6.63. The monoisotopic (exact) mass is 168 g/mol. The summed E-state index contributed by atoms with van der Waals surface area (Å²) in [7, 11) is -1.78. The normalized spacial score (nSPS) is 9.00. The predicted octanol–water partition coefficient (Wildman–Crippen LogP) is 1.16. The molecule has 60 valence electrons. The third-order valence-electron chi connectivity index (χ3n) is 1.01. The molecule has 0 rings (SSSR count). The van der Waals surface area contributed by atoms with E-state index < -0.39 is 8.07 Å². The molecule has 0 heterocycles. The summed E-state index contributed by atoms with van der Waals surface area (Å²) >= 11 is 0. The third-order valence-corrected chi connectivity index (χ3v) is 2.60. The number of carbonyl (C=O) groups excluding carboxylic acids is 1. The van der Waals surface area contributed by atoms with Gasteiger partial charge in [0.05, 0.1) is 6.61 Å². The smallest absolute Gasteiger partial charge is 0.171 e. The molecule has 0 aliphatic heterocycles. The number of hydrogen-bond acceptors (Lipinski definition) is 2. The lowest BCUT2D eigenvalue weighted by Crippen LogP contribution is -2.20. The van der Waals surface area contributed by atoms with Gasteiger partial charge in [0, 0.05) is 5.70 Å². The van der Waals surface area contributed by atoms with Crippen LogP contribution in [-0.4, -0.2) is 20.6 Å². The van der Waals surface area contributed by atoms with E-state index in [1.165, 1.54) is 5.70 Å². The van der Waals surface area contributed by atoms with Gasteiger partial charge in [0.2, 0.25) is 0 Å². The largest absolute Gasteiger partial charge is 0.447 e. The highest BCUT2D eigenvalue weighted by atomic mass is 28.3. The summed E-state index contributed by atoms with van der Waals surface area (Å²) in [6, 6.07) is 0. The van der Waals surface area contributed by atoms with Crippen LogP contribution in [0.2, 0.25) is 13.1 Å². The van der Waals surface area contributed by atoms with Crippen LogP contribution in [0.25, 0.3) is 0 Å². The average molecular weight is 168 g/mol. The summed E-state index contributed by atoms with van der Waals surface area (Å²) in [5, 5.41) is 0. The van der Waals surface area contributed by atoms with Gasteiger partial charge < -0.3 is 4.74 Å². The molecule has 0 saturated heterocycles. The quantitative estimate of drug-likeness (QED) is 0.351. The van der Waals surface area contributed by atoms with Crippen LogP contribution in [0.1, 0.15) is 6.92 Å². The van der Waals surface area contributed by atoms with Gasteiger partial charge in [-0.15, -0.1) is 0 Å². The van der Waals surface area contributed by atoms with Crippen LogP contribution in [-0.2, 0) is 9.53 Å². The molecule has 2 nitrogen and oxygen atoms in total. The Morgan fingerprint density at radius 2 is 2.18 bits per heavy atom. The lowest BCUT2D eigenvalue weighted by Gasteiger charge is -2.02. The molecule has 0 fully saturated rings. The van der Waals surface area contributed by atoms with Crippen molar-refractivity contribution < 1.29 is 9.53 Å². The molecule has 0 spiro atoms. The van der Waals surface area contributed by atoms with Gasteiger partial charge in [-0.05, 0) is 6.92 Å². The molecule has 0 radical (unpaired) electrons. The van der Waals surface area contributed by atoms with E-state index >= 15 is 0 Å². The van der Waals surface area contributed by atoms with Crippen molar-refractivity contribution in [3.63, 3.8) is 0 Å². The van der Waals surface area contributed by atoms with Gasteiger partial charge in [-0.25, -0.2) is 4.79 Å². The van der Waals surface area contributed by atoms with E-state index in [0.717, 1.165) is 0 Å². The summed E-state index contributed by atoms with van der Waals surface area (Å²) in [5.41, 5.74) is 4.42. The van der Waals surface area contributed by atoms with Crippen molar-refractivity contribution >= 4 is 14.0 Å². The standard InChI is InChI=1S/C8H12O2Si/c1-4-10-6-8-11(2,3)7-5-9/h7H,4H2,1-3H3. The first-order chi connectivity index (χ1) is 5.12. The second-order valence-electron chi connectivity index (χ2n) is 2.64. The Morgan fingerprint density at radius 3 is 2.64 bits per heavy atom. The van der Waals surface area contributed by atoms with Crippen molar-refractivity contribution in [1.82, 2.24) is 0 Å². The van der Waals surface area contributed by atoms with E-state index in [0.29, 0.717) is 6.61 Å². The molecule has 0 saturated carbocycles. The fourth-order valence-electron chi connectivity index (χ4n) is 0.423. The van der Waals surface area contributed by atoms with Gasteiger partial charge in [-0.1, -0.05) is 18.6 Å². The minimum atomic E-state index is -1.78. The van der Waals surface area contributed by atoms with Crippen LogP contribution in [0, 0.1) is 11.7 Å². The molecule has 11 heavy (non-hydrogen) atoms. The first kappa shape index (κ1) is 10.0. The zero-order chi connectivity index (χ0) is 8.74. The van der Waals surface area contributed by atoms with E-state index in [1.54, 1.807) is 5.94 Å². The first-order valence-corrected chi connectivity index (χ1v) is 6.56. The molecule has 0 aliphatic carbocycles. The van der Waals surface area contributed by atoms with E-state index in [4.69, 9.17) is 4.74 Å². The van der Waals surface area contributed by atoms with Crippen molar-refractivity contribution in [3.8, 4) is 11.7 Å². The number of ether oxygens (including phenoxy) is 1. The van der Waals surface area contributed by atoms with Crippen molar-refractivity contribution in [2.75, 3.05) is 6.61 Å². The highest BCUT2D eigenvalue weighted by molar-refractivity contribution is 6.90. The SMILES string of the molecule is CCOC#C[Si](C)(C)C=C=O. The Hall–Kier alpha value is -0.973. The van der Waals surface area contributed by atoms with E-state index in [9.17, 15) is 4.79 Å². The zero-order valence-electron chi connectivity index (χ0n) is 7.10. The van der Waals surface area contributed by atoms with Crippen molar-refractivity contribution in [1.29, 1.82) is 0 Å². The maximum atomic E-state index is 10.00. The van der Waals surface area contributed by atoms with Crippen LogP contribution >= 0.6 is 0 Å². The summed E-state index contributed by atoms with van der Waals surface area (Å²) in [4.78, 5) is 10.00. The van der Waals surface area contributed by atoms with Gasteiger partial charge in [0.1, 0.15) is 12.0 Å². The molecule has 0 aromatic rings. The molecule has 0 amide bonds. The summed E-state index contributed by atoms with van der Waals surface area (Å²) in [6.07, 6.45) is 2.56. The Bertz CT molecular complexity index is 216. The predicted molar refractivity (Wildman–Crippen MR) is 47.1 cm³/mol. The van der Waals surface area contributed by atoms with Gasteiger partial charge in [0.25, 0.3) is 0 Å². The Morgan fingerprint density at radius 1 is 1.55 bits per heavy atom. The molecular weight excluding hydrogens is 156 g/mol. The van der Waals surface area contributed by atoms with Crippen LogP contribution < -0.4 is 0 Å². The molecule has 0 aromatic carbocycles. The second kappa shape index (κ2) is 4.78. The van der Waals surface area contributed by atoms with Gasteiger partial charge in [0.15, 0.2) is 8.07 Å². The summed E-state index contributed by atoms with van der Waals surface area (Å²) in [5.74, 6) is 1.76. The van der Waals surface area contributed by atoms with Gasteiger partial charge in [-0.3, -0.25) is 0 Å². The number of hydrogen-bond donors (Lipinski definition) is 0. The fraction of sp³-hybridized carbons (Fsp3) is 0.500. The molecule has 0 bridgehead atoms. The molecule has 0 aromatic heterocycles. The van der Waals surface area contributed by atoms with E-state index in [1.807, 2.05) is 20.0 Å². The van der Waals surface area contributed by atoms with Crippen LogP contribution in [0.3, 0.4) is 0 Å². The third kappa shape index (κ3) is 5.47. The van der Waals surface area contributed by atoms with Crippen molar-refractivity contribution in [2.45, 2.75) is 20.0 Å². The van der Waals surface area contributed by atoms with Crippen LogP contribution in [0.4, 0.5) is 0 Å². The molecule has 0 atom stereocenters. The number of rotatable bonds is 2. The lowest BCUT2D eigenvalue weighted by molar-refractivity contribution is 0.299. The highest BCUT2D eigenvalue weighted by Crippen LogP contribution is 1.98. The maximum Gasteiger partial charge on any atom is 0.171 e. The van der Waals surface area contributed by atoms with Gasteiger partial charge >= 0.3 is 0 Å². The molecule has 0 aliphatic rings. The lowest BCUT2D eigenvalue weighted by atomic mass is 10.9. The molecule has 0 N–H and O–H groups in total. The Labute approximate surface area is 68.3 Å².